The molecular formula is C25H21FeN2OSe. The van der Waals surface area contributed by atoms with Gasteiger partial charge < -0.3 is 0 Å². The number of allylic oxidation sites excluding steroid dienone is 9. The number of rotatable bonds is 2. The molecular weight excluding hydrogens is 479 g/mol. The Morgan fingerprint density at radius 2 is 1.70 bits per heavy atom. The molecule has 4 rings (SSSR count). The Morgan fingerprint density at radius 3 is 2.27 bits per heavy atom. The van der Waals surface area contributed by atoms with E-state index in [1.807, 2.05) is 92.3 Å². The number of carbonyl (C=O) groups is 1. The van der Waals surface area contributed by atoms with Gasteiger partial charge in [-0.2, -0.15) is 18.2 Å². The molecule has 0 aromatic heterocycles. The van der Waals surface area contributed by atoms with Crippen LogP contribution in [0.15, 0.2) is 119 Å². The van der Waals surface area contributed by atoms with Crippen LogP contribution in [0.2, 0.25) is 0 Å². The second kappa shape index (κ2) is 12.1. The van der Waals surface area contributed by atoms with Crippen molar-refractivity contribution in [3.05, 3.63) is 132 Å². The number of amidine groups is 1. The molecule has 0 spiro atoms. The number of benzene rings is 1. The average Bonchev–Trinajstić information content (AvgIpc) is 3.45. The van der Waals surface area contributed by atoms with Gasteiger partial charge >= 0.3 is 167 Å². The summed E-state index contributed by atoms with van der Waals surface area (Å²) in [6.45, 7) is 1.91. The zero-order valence-electron chi connectivity index (χ0n) is 16.4. The van der Waals surface area contributed by atoms with Gasteiger partial charge in [0.25, 0.3) is 0 Å². The van der Waals surface area contributed by atoms with Crippen LogP contribution in [0.4, 0.5) is 0 Å². The fraction of sp³-hybridized carbons (Fsp3) is 0.0400. The van der Waals surface area contributed by atoms with Crippen LogP contribution in [0.3, 0.4) is 0 Å². The monoisotopic (exact) mass is 501 g/mol. The summed E-state index contributed by atoms with van der Waals surface area (Å²) < 4.78 is 0.448. The largest absolute Gasteiger partial charge is 2.00 e. The van der Waals surface area contributed by atoms with Gasteiger partial charge in [-0.15, -0.1) is 0 Å². The van der Waals surface area contributed by atoms with E-state index >= 15 is 0 Å². The first kappa shape index (κ1) is 23.6. The number of aliphatic imine (C=N–C) groups is 1. The molecule has 0 unspecified atom stereocenters. The first-order valence-electron chi connectivity index (χ1n) is 9.25. The Hall–Kier alpha value is -2.68. The second-order valence-electron chi connectivity index (χ2n) is 6.37. The normalized spacial score (nSPS) is 14.3. The van der Waals surface area contributed by atoms with Gasteiger partial charge in [0.2, 0.25) is 0 Å². The van der Waals surface area contributed by atoms with Crippen molar-refractivity contribution in [2.24, 2.45) is 4.99 Å². The molecule has 0 heterocycles. The van der Waals surface area contributed by atoms with E-state index in [-0.39, 0.29) is 23.0 Å². The number of hydrogen-bond donors (Lipinski definition) is 1. The van der Waals surface area contributed by atoms with Crippen LogP contribution in [0, 0.1) is 13.3 Å². The van der Waals surface area contributed by atoms with E-state index < -0.39 is 0 Å². The number of carbonyl (C=O) groups excluding carboxylic acids is 1. The van der Waals surface area contributed by atoms with Gasteiger partial charge in [0, 0.05) is 0 Å². The molecule has 2 aliphatic rings. The maximum Gasteiger partial charge on any atom is 2.00 e. The van der Waals surface area contributed by atoms with E-state index in [1.54, 1.807) is 6.07 Å². The van der Waals surface area contributed by atoms with Gasteiger partial charge in [0.05, 0.1) is 0 Å². The molecule has 2 aromatic carbocycles. The molecule has 5 heteroatoms. The predicted octanol–water partition coefficient (Wildman–Crippen LogP) is 4.73. The third-order valence-electron chi connectivity index (χ3n) is 4.26. The molecule has 0 saturated heterocycles. The zero-order valence-corrected chi connectivity index (χ0v) is 19.2. The second-order valence-corrected chi connectivity index (χ2v) is 7.18. The van der Waals surface area contributed by atoms with Crippen molar-refractivity contribution in [3.8, 4) is 0 Å². The third-order valence-corrected chi connectivity index (χ3v) is 4.67. The number of nitrogens with one attached hydrogen (secondary N) is 1. The summed E-state index contributed by atoms with van der Waals surface area (Å²) in [5.74, 6) is -0.168. The smallest absolute Gasteiger partial charge is 0.214 e. The average molecular weight is 500 g/mol. The maximum atomic E-state index is 12.3. The summed E-state index contributed by atoms with van der Waals surface area (Å²) in [5, 5.41) is 2.78. The summed E-state index contributed by atoms with van der Waals surface area (Å²) in [7, 11) is 0. The summed E-state index contributed by atoms with van der Waals surface area (Å²) in [5.41, 5.74) is 4.68. The minimum atomic E-state index is -0.168. The SMILES string of the molecule is Cc1ccccc1C(=O)NC([Se])=NC1=C[CH-]C(=C2C=CC=C2)C=C1.[Fe+2].c1cc[cH-]c1. The number of amides is 1. The van der Waals surface area contributed by atoms with Crippen LogP contribution < -0.4 is 5.32 Å². The third kappa shape index (κ3) is 6.98. The van der Waals surface area contributed by atoms with E-state index in [0.29, 0.717) is 10.3 Å². The van der Waals surface area contributed by atoms with Gasteiger partial charge in [-0.05, 0) is 0 Å². The Morgan fingerprint density at radius 1 is 1.00 bits per heavy atom. The van der Waals surface area contributed by atoms with Crippen molar-refractivity contribution in [3.63, 3.8) is 0 Å². The molecule has 3 nitrogen and oxygen atoms in total. The molecule has 0 fully saturated rings. The van der Waals surface area contributed by atoms with E-state index in [4.69, 9.17) is 0 Å². The van der Waals surface area contributed by atoms with Crippen molar-refractivity contribution in [1.29, 1.82) is 0 Å². The van der Waals surface area contributed by atoms with Crippen molar-refractivity contribution < 1.29 is 21.9 Å². The number of nitrogens with zero attached hydrogens (tertiary/aromatic N) is 1. The van der Waals surface area contributed by atoms with Crippen LogP contribution in [0.5, 0.6) is 0 Å². The standard InChI is InChI=1S/C20H16N2OSe.C5H5.Fe/c1-14-6-2-5-9-18(14)19(23)22-20(24)21-17-12-10-16(11-13-17)15-7-3-4-8-15;1-2-4-5-3-1;/h2-13H,1H3,(H,21,22,23);1-5H;/q2*-1;+2. The molecule has 30 heavy (non-hydrogen) atoms. The van der Waals surface area contributed by atoms with E-state index in [9.17, 15) is 4.79 Å². The topological polar surface area (TPSA) is 41.5 Å². The summed E-state index contributed by atoms with van der Waals surface area (Å²) in [6.07, 6.45) is 16.1. The van der Waals surface area contributed by atoms with Crippen molar-refractivity contribution in [2.75, 3.05) is 0 Å². The number of aryl methyl sites for hydroxylation is 1. The van der Waals surface area contributed by atoms with Gasteiger partial charge in [-0.25, -0.2) is 12.1 Å². The first-order valence-corrected chi connectivity index (χ1v) is 10.1. The number of hydrogen-bond acceptors (Lipinski definition) is 2. The van der Waals surface area contributed by atoms with Crippen molar-refractivity contribution in [2.45, 2.75) is 6.92 Å². The van der Waals surface area contributed by atoms with Crippen molar-refractivity contribution in [1.82, 2.24) is 5.32 Å². The first-order chi connectivity index (χ1) is 14.1. The Labute approximate surface area is 196 Å². The minimum Gasteiger partial charge on any atom is -0.214 e. The summed E-state index contributed by atoms with van der Waals surface area (Å²) in [6, 6.07) is 17.5. The van der Waals surface area contributed by atoms with E-state index in [2.05, 4.69) is 38.5 Å². The predicted molar refractivity (Wildman–Crippen MR) is 121 cm³/mol. The Bertz CT molecular complexity index is 1010. The quantitative estimate of drug-likeness (QED) is 0.276. The molecule has 151 valence electrons. The summed E-state index contributed by atoms with van der Waals surface area (Å²) in [4.78, 5) is 16.7. The zero-order chi connectivity index (χ0) is 20.5. The van der Waals surface area contributed by atoms with Crippen LogP contribution in [-0.2, 0) is 17.1 Å². The fourth-order valence-electron chi connectivity index (χ4n) is 2.75. The summed E-state index contributed by atoms with van der Waals surface area (Å²) >= 11 is 2.81. The van der Waals surface area contributed by atoms with Crippen LogP contribution in [0.25, 0.3) is 0 Å². The van der Waals surface area contributed by atoms with Crippen LogP contribution in [0.1, 0.15) is 15.9 Å². The molecule has 0 aliphatic heterocycles. The van der Waals surface area contributed by atoms with E-state index in [1.165, 1.54) is 5.57 Å². The molecule has 2 aromatic rings. The van der Waals surface area contributed by atoms with Gasteiger partial charge in [-0.3, -0.25) is 0 Å². The molecule has 1 N–H and O–H groups in total. The minimum absolute atomic E-state index is 0. The molecule has 1 amide bonds. The van der Waals surface area contributed by atoms with Gasteiger partial charge in [0.15, 0.2) is 0 Å². The van der Waals surface area contributed by atoms with Gasteiger partial charge in [-0.1, -0.05) is 0 Å². The molecule has 1 radical (unpaired) electrons. The Balaban J connectivity index is 0.000000468. The fourth-order valence-corrected chi connectivity index (χ4v) is 3.17. The molecule has 0 bridgehead atoms. The van der Waals surface area contributed by atoms with Crippen molar-refractivity contribution >= 4 is 26.7 Å². The van der Waals surface area contributed by atoms with Crippen LogP contribution in [-0.4, -0.2) is 26.7 Å². The van der Waals surface area contributed by atoms with Gasteiger partial charge in [0.1, 0.15) is 0 Å². The Kier molecular flexibility index (Phi) is 9.53. The molecule has 0 saturated carbocycles. The van der Waals surface area contributed by atoms with E-state index in [0.717, 1.165) is 16.8 Å². The van der Waals surface area contributed by atoms with Crippen LogP contribution >= 0.6 is 0 Å². The maximum absolute atomic E-state index is 12.3. The molecule has 0 atom stereocenters. The molecule has 2 aliphatic carbocycles.